The van der Waals surface area contributed by atoms with E-state index < -0.39 is 0 Å². The lowest BCUT2D eigenvalue weighted by atomic mass is 10.2. The summed E-state index contributed by atoms with van der Waals surface area (Å²) < 4.78 is 18.7. The molecule has 0 aliphatic heterocycles. The van der Waals surface area contributed by atoms with Crippen LogP contribution in [-0.2, 0) is 0 Å². The number of nitrogens with zero attached hydrogens (tertiary/aromatic N) is 22. The van der Waals surface area contributed by atoms with Crippen LogP contribution >= 0.6 is 23.3 Å². The van der Waals surface area contributed by atoms with Gasteiger partial charge in [0, 0.05) is 36.0 Å². The molecule has 25 nitrogen and oxygen atoms in total. The van der Waals surface area contributed by atoms with Crippen molar-refractivity contribution < 1.29 is 9.15 Å². The summed E-state index contributed by atoms with van der Waals surface area (Å²) in [6.45, 7) is 49.6. The van der Waals surface area contributed by atoms with Gasteiger partial charge in [-0.2, -0.15) is 24.8 Å². The van der Waals surface area contributed by atoms with Crippen LogP contribution in [0.15, 0.2) is 103 Å². The van der Waals surface area contributed by atoms with E-state index in [4.69, 9.17) is 0 Å². The normalized spacial score (nSPS) is 7.70. The Morgan fingerprint density at radius 1 is 0.386 bits per heavy atom. The van der Waals surface area contributed by atoms with E-state index in [1.54, 1.807) is 37.1 Å². The Labute approximate surface area is 517 Å². The Morgan fingerprint density at radius 2 is 0.831 bits per heavy atom. The molecule has 0 fully saturated rings. The zero-order chi connectivity index (χ0) is 57.9. The Balaban J connectivity index is -0.0000000413. The van der Waals surface area contributed by atoms with Crippen LogP contribution in [-0.4, -0.2) is 116 Å². The maximum absolute atomic E-state index is 4.11. The third kappa shape index (κ3) is 226. The van der Waals surface area contributed by atoms with Crippen molar-refractivity contribution in [1.29, 1.82) is 0 Å². The fraction of sp³-hybridized carbons (Fsp3) is 0.714. The first-order valence-corrected chi connectivity index (χ1v) is 25.5. The fourth-order valence-electron chi connectivity index (χ4n) is 1.51. The number of rotatable bonds is 1. The second-order valence-corrected chi connectivity index (χ2v) is 19.9. The monoisotopic (exact) mass is 1220 g/mol. The van der Waals surface area contributed by atoms with Gasteiger partial charge in [0.15, 0.2) is 12.7 Å². The van der Waals surface area contributed by atoms with Crippen LogP contribution in [0, 0.1) is 41.4 Å². The van der Waals surface area contributed by atoms with Crippen LogP contribution in [0.2, 0.25) is 0 Å². The van der Waals surface area contributed by atoms with E-state index in [9.17, 15) is 0 Å². The zero-order valence-corrected chi connectivity index (χ0v) is 50.4. The predicted octanol–water partition coefficient (Wildman–Crippen LogP) is 17.3. The van der Waals surface area contributed by atoms with Crippen molar-refractivity contribution >= 4 is 23.3 Å². The van der Waals surface area contributed by atoms with Gasteiger partial charge in [0.2, 0.25) is 6.39 Å². The zero-order valence-electron chi connectivity index (χ0n) is 48.8. The lowest BCUT2D eigenvalue weighted by Crippen LogP contribution is -1.83. The standard InChI is InChI=1S/C4H7N3S.C4H4N2.7C4H10.2C3H3N3.C2H3N3.2CHN3O.CHN3S.9CH4/c1-3(2)4-5-6-7-8-4;1-2-4-6-5-3-1;7*1-4(2)3;1-2-5-6-3-4-1;1-2-4-6-5-3-1;1-3-2-5-4-1;1-2-3-4-5-1;2*1-2-4-5-3-1;;;;;;;;;/h3H,1-2H3;1-4H;7*4H,1-3H3;2*1-3H;1-2H,(H,3,4,5);3*1H;9*1H4. The highest BCUT2D eigenvalue weighted by atomic mass is 32.1. The van der Waals surface area contributed by atoms with Gasteiger partial charge in [0.1, 0.15) is 24.0 Å². The minimum Gasteiger partial charge on any atom is -0.324 e. The van der Waals surface area contributed by atoms with Crippen molar-refractivity contribution in [2.75, 3.05) is 0 Å². The summed E-state index contributed by atoms with van der Waals surface area (Å²) in [5.74, 6) is 6.30. The first-order valence-electron chi connectivity index (χ1n) is 24.0. The van der Waals surface area contributed by atoms with Gasteiger partial charge in [0.05, 0.1) is 40.9 Å². The van der Waals surface area contributed by atoms with E-state index in [2.05, 4.69) is 284 Å². The second-order valence-electron chi connectivity index (χ2n) is 18.6. The SMILES string of the molecule is C.C.C.C.C.C.C.C.C.CC(C)C.CC(C)C.CC(C)C.CC(C)C.CC(C)C.CC(C)C.CC(C)C.CC(C)c1nnns1.c1ccnnc1.c1cnncn1.c1cnnnc1.c1nc[nH]n1.c1nnno1.c1nnon1.c1nnsn1. The maximum atomic E-state index is 4.11. The molecule has 27 heteroatoms. The number of H-pyrrole nitrogens is 1. The van der Waals surface area contributed by atoms with Crippen LogP contribution < -0.4 is 0 Å². The number of hydrogen-bond donors (Lipinski definition) is 1. The second kappa shape index (κ2) is 107. The summed E-state index contributed by atoms with van der Waals surface area (Å²) in [4.78, 5) is 7.17. The van der Waals surface area contributed by atoms with Crippen LogP contribution in [0.1, 0.15) is 237 Å². The number of aromatic amines is 1. The van der Waals surface area contributed by atoms with Gasteiger partial charge < -0.3 is 4.52 Å². The Bertz CT molecular complexity index is 1470. The highest BCUT2D eigenvalue weighted by molar-refractivity contribution is 7.05. The lowest BCUT2D eigenvalue weighted by Gasteiger charge is -1.90. The molecule has 8 aromatic heterocycles. The summed E-state index contributed by atoms with van der Waals surface area (Å²) in [6, 6.07) is 5.37. The van der Waals surface area contributed by atoms with Gasteiger partial charge in [-0.25, -0.2) is 14.6 Å². The predicted molar refractivity (Wildman–Crippen MR) is 356 cm³/mol. The van der Waals surface area contributed by atoms with Crippen molar-refractivity contribution in [2.24, 2.45) is 41.4 Å². The van der Waals surface area contributed by atoms with Gasteiger partial charge >= 0.3 is 0 Å². The third-order valence-electron chi connectivity index (χ3n) is 3.12. The highest BCUT2D eigenvalue weighted by Crippen LogP contribution is 2.11. The van der Waals surface area contributed by atoms with E-state index >= 15 is 0 Å². The molecule has 0 unspecified atom stereocenters. The van der Waals surface area contributed by atoms with Gasteiger partial charge in [-0.05, 0) is 80.4 Å². The molecule has 0 radical (unpaired) electrons. The van der Waals surface area contributed by atoms with Gasteiger partial charge in [-0.15, -0.1) is 25.5 Å². The topological polar surface area (TPSA) is 326 Å². The van der Waals surface area contributed by atoms with E-state index in [1.807, 2.05) is 12.1 Å². The lowest BCUT2D eigenvalue weighted by molar-refractivity contribution is 0.292. The van der Waals surface area contributed by atoms with Gasteiger partial charge in [0.25, 0.3) is 0 Å². The summed E-state index contributed by atoms with van der Waals surface area (Å²) >= 11 is 2.46. The minimum atomic E-state index is 0. The van der Waals surface area contributed by atoms with E-state index in [0.717, 1.165) is 64.6 Å². The van der Waals surface area contributed by atoms with Crippen LogP contribution in [0.5, 0.6) is 0 Å². The maximum Gasteiger partial charge on any atom is 0.235 e. The molecule has 0 aliphatic carbocycles. The van der Waals surface area contributed by atoms with Crippen LogP contribution in [0.25, 0.3) is 0 Å². The quantitative estimate of drug-likeness (QED) is 0.159. The molecule has 0 saturated heterocycles. The molecule has 0 bridgehead atoms. The molecule has 0 aromatic carbocycles. The first kappa shape index (κ1) is 119. The third-order valence-corrected chi connectivity index (χ3v) is 4.38. The average molecular weight is 1220 g/mol. The molecule has 0 saturated carbocycles. The smallest absolute Gasteiger partial charge is 0.235 e. The molecule has 0 aliphatic rings. The van der Waals surface area contributed by atoms with Gasteiger partial charge in [-0.3, -0.25) is 5.10 Å². The average Bonchev–Trinajstić information content (AvgIpc) is 4.18. The molecule has 0 amide bonds. The van der Waals surface area contributed by atoms with E-state index in [-0.39, 0.29) is 66.8 Å². The van der Waals surface area contributed by atoms with Crippen molar-refractivity contribution in [3.05, 3.63) is 98.4 Å². The largest absolute Gasteiger partial charge is 0.324 e. The van der Waals surface area contributed by atoms with E-state index in [0.29, 0.717) is 5.92 Å². The molecule has 0 spiro atoms. The van der Waals surface area contributed by atoms with Crippen LogP contribution in [0.4, 0.5) is 0 Å². The summed E-state index contributed by atoms with van der Waals surface area (Å²) in [5, 5.41) is 60.2. The molecule has 8 aromatic rings. The first-order chi connectivity index (χ1) is 34.9. The van der Waals surface area contributed by atoms with Crippen molar-refractivity contribution in [3.8, 4) is 0 Å². The Morgan fingerprint density at radius 3 is 0.940 bits per heavy atom. The summed E-state index contributed by atoms with van der Waals surface area (Å²) in [6.07, 6.45) is 17.7. The number of hydrogen-bond acceptors (Lipinski definition) is 26. The molecule has 0 atom stereocenters. The van der Waals surface area contributed by atoms with Crippen LogP contribution in [0.3, 0.4) is 0 Å². The Hall–Kier alpha value is -6.64. The summed E-state index contributed by atoms with van der Waals surface area (Å²) in [5.41, 5.74) is 0. The molecule has 83 heavy (non-hydrogen) atoms. The van der Waals surface area contributed by atoms with Crippen molar-refractivity contribution in [3.63, 3.8) is 0 Å². The number of aromatic nitrogens is 23. The molecular formula is C56H129N23O2S2. The molecule has 492 valence electrons. The molecule has 8 rings (SSSR count). The highest BCUT2D eigenvalue weighted by Gasteiger charge is 2.01. The van der Waals surface area contributed by atoms with Crippen molar-refractivity contribution in [1.82, 2.24) is 116 Å². The summed E-state index contributed by atoms with van der Waals surface area (Å²) in [7, 11) is 0. The molecule has 1 N–H and O–H groups in total. The molecule has 8 heterocycles. The van der Waals surface area contributed by atoms with E-state index in [1.165, 1.54) is 49.4 Å². The Kier molecular flexibility index (Phi) is 154. The number of nitrogens with one attached hydrogen (secondary N) is 1. The van der Waals surface area contributed by atoms with Gasteiger partial charge in [-0.1, -0.05) is 245 Å². The van der Waals surface area contributed by atoms with Crippen molar-refractivity contribution in [2.45, 2.75) is 232 Å². The fourth-order valence-corrected chi connectivity index (χ4v) is 2.16. The minimum absolute atomic E-state index is 0. The molecular weight excluding hydrogens is 1090 g/mol.